The minimum Gasteiger partial charge on any atom is -0.457 e. The van der Waals surface area contributed by atoms with E-state index in [4.69, 9.17) is 14.2 Å². The Hall–Kier alpha value is -0.610. The van der Waals surface area contributed by atoms with E-state index in [1.54, 1.807) is 0 Å². The average Bonchev–Trinajstić information content (AvgIpc) is 1.91. The molecule has 0 N–H and O–H groups in total. The van der Waals surface area contributed by atoms with E-state index < -0.39 is 5.41 Å². The molecule has 12 heavy (non-hydrogen) atoms. The summed E-state index contributed by atoms with van der Waals surface area (Å²) in [5.74, 6) is -0.151. The van der Waals surface area contributed by atoms with E-state index in [2.05, 4.69) is 0 Å². The first-order chi connectivity index (χ1) is 5.71. The molecule has 0 radical (unpaired) electrons. The van der Waals surface area contributed by atoms with Gasteiger partial charge in [-0.2, -0.15) is 0 Å². The largest absolute Gasteiger partial charge is 0.457 e. The SMILES string of the molecule is CC1(C(=O)OC2COC2)COC1. The molecule has 0 atom stereocenters. The van der Waals surface area contributed by atoms with Gasteiger partial charge < -0.3 is 14.2 Å². The lowest BCUT2D eigenvalue weighted by Crippen LogP contribution is -2.50. The molecule has 2 fully saturated rings. The summed E-state index contributed by atoms with van der Waals surface area (Å²) in [4.78, 5) is 11.4. The Balaban J connectivity index is 1.82. The average molecular weight is 172 g/mol. The zero-order valence-corrected chi connectivity index (χ0v) is 7.04. The summed E-state index contributed by atoms with van der Waals surface area (Å²) in [5, 5.41) is 0. The maximum Gasteiger partial charge on any atom is 0.316 e. The fourth-order valence-corrected chi connectivity index (χ4v) is 1.10. The topological polar surface area (TPSA) is 44.8 Å². The van der Waals surface area contributed by atoms with E-state index in [0.717, 1.165) is 0 Å². The molecule has 2 heterocycles. The highest BCUT2D eigenvalue weighted by Crippen LogP contribution is 2.29. The minimum absolute atomic E-state index is 0.0186. The van der Waals surface area contributed by atoms with Gasteiger partial charge in [-0.25, -0.2) is 0 Å². The Morgan fingerprint density at radius 1 is 1.42 bits per heavy atom. The Kier molecular flexibility index (Phi) is 1.81. The summed E-state index contributed by atoms with van der Waals surface area (Å²) in [5.41, 5.74) is -0.393. The molecule has 2 rings (SSSR count). The van der Waals surface area contributed by atoms with Gasteiger partial charge in [-0.3, -0.25) is 4.79 Å². The number of hydrogen-bond acceptors (Lipinski definition) is 4. The number of carbonyl (C=O) groups is 1. The molecule has 0 spiro atoms. The van der Waals surface area contributed by atoms with Crippen LogP contribution < -0.4 is 0 Å². The van der Waals surface area contributed by atoms with Crippen molar-refractivity contribution >= 4 is 5.97 Å². The standard InChI is InChI=1S/C8H12O4/c1-8(4-11-5-8)7(9)12-6-2-10-3-6/h6H,2-5H2,1H3. The molecule has 0 aromatic heterocycles. The van der Waals surface area contributed by atoms with Crippen LogP contribution in [0.5, 0.6) is 0 Å². The van der Waals surface area contributed by atoms with Crippen molar-refractivity contribution in [3.05, 3.63) is 0 Å². The maximum absolute atomic E-state index is 11.4. The lowest BCUT2D eigenvalue weighted by molar-refractivity contribution is -0.204. The van der Waals surface area contributed by atoms with Crippen LogP contribution in [-0.2, 0) is 19.0 Å². The van der Waals surface area contributed by atoms with Crippen LogP contribution in [0.2, 0.25) is 0 Å². The predicted molar refractivity (Wildman–Crippen MR) is 39.6 cm³/mol. The first kappa shape index (κ1) is 8.01. The van der Waals surface area contributed by atoms with Crippen molar-refractivity contribution in [2.24, 2.45) is 5.41 Å². The van der Waals surface area contributed by atoms with Crippen LogP contribution in [0, 0.1) is 5.41 Å². The molecule has 4 nitrogen and oxygen atoms in total. The third kappa shape index (κ3) is 1.21. The van der Waals surface area contributed by atoms with Gasteiger partial charge in [0.15, 0.2) is 0 Å². The first-order valence-electron chi connectivity index (χ1n) is 4.07. The number of hydrogen-bond donors (Lipinski definition) is 0. The third-order valence-corrected chi connectivity index (χ3v) is 2.22. The van der Waals surface area contributed by atoms with Crippen molar-refractivity contribution in [1.29, 1.82) is 0 Å². The molecule has 68 valence electrons. The smallest absolute Gasteiger partial charge is 0.316 e. The molecule has 2 aliphatic heterocycles. The van der Waals surface area contributed by atoms with E-state index >= 15 is 0 Å². The molecule has 0 bridgehead atoms. The van der Waals surface area contributed by atoms with Gasteiger partial charge in [0.2, 0.25) is 0 Å². The van der Waals surface area contributed by atoms with Crippen LogP contribution in [0.25, 0.3) is 0 Å². The van der Waals surface area contributed by atoms with Crippen LogP contribution in [-0.4, -0.2) is 38.5 Å². The van der Waals surface area contributed by atoms with Gasteiger partial charge in [-0.15, -0.1) is 0 Å². The number of rotatable bonds is 2. The van der Waals surface area contributed by atoms with Crippen molar-refractivity contribution in [2.45, 2.75) is 13.0 Å². The molecule has 0 saturated carbocycles. The van der Waals surface area contributed by atoms with Crippen molar-refractivity contribution in [1.82, 2.24) is 0 Å². The molecule has 2 aliphatic rings. The summed E-state index contributed by atoms with van der Waals surface area (Å²) < 4.78 is 15.0. The molecular weight excluding hydrogens is 160 g/mol. The lowest BCUT2D eigenvalue weighted by Gasteiger charge is -2.37. The van der Waals surface area contributed by atoms with E-state index in [9.17, 15) is 4.79 Å². The second kappa shape index (κ2) is 2.71. The highest BCUT2D eigenvalue weighted by atomic mass is 16.6. The Bertz CT molecular complexity index is 193. The number of carbonyl (C=O) groups excluding carboxylic acids is 1. The molecule has 0 aromatic rings. The number of esters is 1. The summed E-state index contributed by atoms with van der Waals surface area (Å²) in [6.07, 6.45) is -0.0186. The van der Waals surface area contributed by atoms with Crippen LogP contribution in [0.3, 0.4) is 0 Å². The molecule has 0 unspecified atom stereocenters. The van der Waals surface area contributed by atoms with E-state index in [1.165, 1.54) is 0 Å². The molecule has 0 aliphatic carbocycles. The molecule has 4 heteroatoms. The molecule has 0 aromatic carbocycles. The Morgan fingerprint density at radius 2 is 2.08 bits per heavy atom. The molecule has 0 amide bonds. The van der Waals surface area contributed by atoms with Crippen LogP contribution >= 0.6 is 0 Å². The molecule has 2 saturated heterocycles. The third-order valence-electron chi connectivity index (χ3n) is 2.22. The Morgan fingerprint density at radius 3 is 2.42 bits per heavy atom. The summed E-state index contributed by atoms with van der Waals surface area (Å²) in [6, 6.07) is 0. The van der Waals surface area contributed by atoms with Gasteiger partial charge in [-0.1, -0.05) is 0 Å². The number of ether oxygens (including phenoxy) is 3. The normalized spacial score (nSPS) is 27.1. The van der Waals surface area contributed by atoms with Crippen LogP contribution in [0.15, 0.2) is 0 Å². The summed E-state index contributed by atoms with van der Waals surface area (Å²) in [6.45, 7) is 3.92. The minimum atomic E-state index is -0.393. The second-order valence-corrected chi connectivity index (χ2v) is 3.62. The highest BCUT2D eigenvalue weighted by Gasteiger charge is 2.44. The summed E-state index contributed by atoms with van der Waals surface area (Å²) in [7, 11) is 0. The zero-order valence-electron chi connectivity index (χ0n) is 7.04. The van der Waals surface area contributed by atoms with Crippen molar-refractivity contribution in [3.63, 3.8) is 0 Å². The quantitative estimate of drug-likeness (QED) is 0.548. The van der Waals surface area contributed by atoms with Gasteiger partial charge in [0.1, 0.15) is 11.5 Å². The van der Waals surface area contributed by atoms with E-state index in [1.807, 2.05) is 6.92 Å². The zero-order chi connectivity index (χ0) is 8.60. The summed E-state index contributed by atoms with van der Waals surface area (Å²) >= 11 is 0. The fraction of sp³-hybridized carbons (Fsp3) is 0.875. The van der Waals surface area contributed by atoms with Gasteiger partial charge in [0, 0.05) is 0 Å². The monoisotopic (exact) mass is 172 g/mol. The van der Waals surface area contributed by atoms with Crippen molar-refractivity contribution in [2.75, 3.05) is 26.4 Å². The van der Waals surface area contributed by atoms with Crippen molar-refractivity contribution in [3.8, 4) is 0 Å². The highest BCUT2D eigenvalue weighted by molar-refractivity contribution is 5.77. The lowest BCUT2D eigenvalue weighted by atomic mass is 9.89. The van der Waals surface area contributed by atoms with Gasteiger partial charge in [-0.05, 0) is 6.92 Å². The van der Waals surface area contributed by atoms with Crippen LogP contribution in [0.4, 0.5) is 0 Å². The van der Waals surface area contributed by atoms with E-state index in [0.29, 0.717) is 26.4 Å². The predicted octanol–water partition coefficient (Wildman–Crippen LogP) is -0.0351. The van der Waals surface area contributed by atoms with E-state index in [-0.39, 0.29) is 12.1 Å². The van der Waals surface area contributed by atoms with Crippen LogP contribution in [0.1, 0.15) is 6.92 Å². The first-order valence-corrected chi connectivity index (χ1v) is 4.07. The van der Waals surface area contributed by atoms with Gasteiger partial charge in [0.25, 0.3) is 0 Å². The van der Waals surface area contributed by atoms with Gasteiger partial charge in [0.05, 0.1) is 26.4 Å². The Labute approximate surface area is 70.8 Å². The van der Waals surface area contributed by atoms with Gasteiger partial charge >= 0.3 is 5.97 Å². The second-order valence-electron chi connectivity index (χ2n) is 3.62. The van der Waals surface area contributed by atoms with Crippen molar-refractivity contribution < 1.29 is 19.0 Å². The maximum atomic E-state index is 11.4. The fourth-order valence-electron chi connectivity index (χ4n) is 1.10. The molecular formula is C8H12O4.